The smallest absolute Gasteiger partial charge is 0.223 e. The first-order chi connectivity index (χ1) is 8.67. The second-order valence-electron chi connectivity index (χ2n) is 5.65. The lowest BCUT2D eigenvalue weighted by Crippen LogP contribution is -2.51. The summed E-state index contributed by atoms with van der Waals surface area (Å²) in [5, 5.41) is 4.16. The van der Waals surface area contributed by atoms with Crippen molar-refractivity contribution < 1.29 is 4.79 Å². The molecule has 0 radical (unpaired) electrons. The minimum absolute atomic E-state index is 0.0422. The number of nitrogens with one attached hydrogen (secondary N) is 1. The zero-order chi connectivity index (χ0) is 13.4. The van der Waals surface area contributed by atoms with E-state index in [0.29, 0.717) is 5.91 Å². The van der Waals surface area contributed by atoms with Crippen LogP contribution in [-0.4, -0.2) is 16.8 Å². The molecule has 1 aliphatic carbocycles. The number of carbonyl (C=O) groups is 1. The van der Waals surface area contributed by atoms with Gasteiger partial charge < -0.3 is 5.32 Å². The molecule has 0 aromatic heterocycles. The van der Waals surface area contributed by atoms with Gasteiger partial charge in [0.2, 0.25) is 5.91 Å². The molecule has 1 aliphatic rings. The summed E-state index contributed by atoms with van der Waals surface area (Å²) < 4.78 is 0. The average Bonchev–Trinajstić information content (AvgIpc) is 2.35. The van der Waals surface area contributed by atoms with Gasteiger partial charge in [-0.25, -0.2) is 0 Å². The molecule has 0 unspecified atom stereocenters. The quantitative estimate of drug-likeness (QED) is 0.747. The number of amides is 1. The number of rotatable bonds is 5. The predicted molar refractivity (Wildman–Crippen MR) is 81.1 cm³/mol. The largest absolute Gasteiger partial charge is 0.350 e. The molecule has 1 rings (SSSR count). The molecule has 2 nitrogen and oxygen atoms in total. The third-order valence-corrected chi connectivity index (χ3v) is 5.55. The summed E-state index contributed by atoms with van der Waals surface area (Å²) in [6.07, 6.45) is 10.5. The number of hydrogen-bond acceptors (Lipinski definition) is 1. The third-order valence-electron chi connectivity index (χ3n) is 4.47. The van der Waals surface area contributed by atoms with Gasteiger partial charge in [-0.15, -0.1) is 0 Å². The Kier molecular flexibility index (Phi) is 7.28. The second-order valence-corrected chi connectivity index (χ2v) is 6.21. The molecule has 0 atom stereocenters. The molecule has 0 aliphatic heterocycles. The fourth-order valence-electron chi connectivity index (χ4n) is 2.73. The maximum atomic E-state index is 12.4. The van der Waals surface area contributed by atoms with E-state index in [2.05, 4.69) is 35.1 Å². The topological polar surface area (TPSA) is 29.1 Å². The van der Waals surface area contributed by atoms with Crippen molar-refractivity contribution in [1.29, 1.82) is 0 Å². The summed E-state index contributed by atoms with van der Waals surface area (Å²) in [5.41, 5.74) is -0.0422. The maximum Gasteiger partial charge on any atom is 0.223 e. The lowest BCUT2D eigenvalue weighted by molar-refractivity contribution is -0.127. The highest BCUT2D eigenvalue weighted by molar-refractivity contribution is 9.09. The van der Waals surface area contributed by atoms with Crippen LogP contribution < -0.4 is 5.32 Å². The molecule has 0 heterocycles. The summed E-state index contributed by atoms with van der Waals surface area (Å²) in [6, 6.07) is 0. The standard InChI is InChI=1S/C15H28BrNO/c1-3-15(4-2,12-16)17-14(18)13-10-8-6-5-7-9-11-13/h13H,3-12H2,1-2H3,(H,17,18). The van der Waals surface area contributed by atoms with Crippen molar-refractivity contribution in [2.24, 2.45) is 5.92 Å². The highest BCUT2D eigenvalue weighted by atomic mass is 79.9. The summed E-state index contributed by atoms with van der Waals surface area (Å²) in [7, 11) is 0. The van der Waals surface area contributed by atoms with Crippen molar-refractivity contribution in [3.63, 3.8) is 0 Å². The van der Waals surface area contributed by atoms with Gasteiger partial charge in [-0.3, -0.25) is 4.79 Å². The number of alkyl halides is 1. The van der Waals surface area contributed by atoms with Crippen molar-refractivity contribution in [1.82, 2.24) is 5.32 Å². The summed E-state index contributed by atoms with van der Waals surface area (Å²) in [6.45, 7) is 4.31. The van der Waals surface area contributed by atoms with Crippen LogP contribution in [-0.2, 0) is 4.79 Å². The molecule has 1 fully saturated rings. The van der Waals surface area contributed by atoms with Crippen molar-refractivity contribution in [3.8, 4) is 0 Å². The van der Waals surface area contributed by atoms with E-state index < -0.39 is 0 Å². The summed E-state index contributed by atoms with van der Waals surface area (Å²) in [5.74, 6) is 0.543. The number of carbonyl (C=O) groups excluding carboxylic acids is 1. The highest BCUT2D eigenvalue weighted by Gasteiger charge is 2.29. The molecule has 0 bridgehead atoms. The zero-order valence-electron chi connectivity index (χ0n) is 11.9. The van der Waals surface area contributed by atoms with Crippen molar-refractivity contribution >= 4 is 21.8 Å². The van der Waals surface area contributed by atoms with E-state index in [1.165, 1.54) is 32.1 Å². The van der Waals surface area contributed by atoms with E-state index in [0.717, 1.165) is 31.0 Å². The van der Waals surface area contributed by atoms with Gasteiger partial charge in [0.1, 0.15) is 0 Å². The first kappa shape index (κ1) is 16.0. The van der Waals surface area contributed by atoms with Crippen LogP contribution in [0.5, 0.6) is 0 Å². The lowest BCUT2D eigenvalue weighted by atomic mass is 9.88. The number of hydrogen-bond donors (Lipinski definition) is 1. The molecule has 1 saturated carbocycles. The van der Waals surface area contributed by atoms with Gasteiger partial charge in [0.15, 0.2) is 0 Å². The maximum absolute atomic E-state index is 12.4. The van der Waals surface area contributed by atoms with Crippen LogP contribution in [0.4, 0.5) is 0 Å². The monoisotopic (exact) mass is 317 g/mol. The van der Waals surface area contributed by atoms with Crippen molar-refractivity contribution in [3.05, 3.63) is 0 Å². The number of halogens is 1. The van der Waals surface area contributed by atoms with Crippen molar-refractivity contribution in [2.45, 2.75) is 77.2 Å². The van der Waals surface area contributed by atoms with Gasteiger partial charge >= 0.3 is 0 Å². The Hall–Kier alpha value is -0.0500. The SMILES string of the molecule is CCC(CC)(CBr)NC(=O)C1CCCCCCC1. The molecule has 0 spiro atoms. The molecule has 1 N–H and O–H groups in total. The van der Waals surface area contributed by atoms with Crippen LogP contribution in [0.25, 0.3) is 0 Å². The average molecular weight is 318 g/mol. The normalized spacial score (nSPS) is 19.1. The lowest BCUT2D eigenvalue weighted by Gasteiger charge is -2.33. The molecule has 0 saturated heterocycles. The Balaban J connectivity index is 2.56. The van der Waals surface area contributed by atoms with Crippen LogP contribution in [0.1, 0.15) is 71.6 Å². The van der Waals surface area contributed by atoms with Gasteiger partial charge in [0, 0.05) is 16.8 Å². The second kappa shape index (κ2) is 8.19. The van der Waals surface area contributed by atoms with Crippen LogP contribution >= 0.6 is 15.9 Å². The molecule has 106 valence electrons. The molecular weight excluding hydrogens is 290 g/mol. The van der Waals surface area contributed by atoms with Gasteiger partial charge in [-0.2, -0.15) is 0 Å². The Morgan fingerprint density at radius 2 is 1.61 bits per heavy atom. The van der Waals surface area contributed by atoms with Crippen LogP contribution in [0.2, 0.25) is 0 Å². The molecular formula is C15H28BrNO. The van der Waals surface area contributed by atoms with E-state index in [1.807, 2.05) is 0 Å². The molecule has 1 amide bonds. The Morgan fingerprint density at radius 3 is 2.06 bits per heavy atom. The van der Waals surface area contributed by atoms with Crippen LogP contribution in [0, 0.1) is 5.92 Å². The summed E-state index contributed by atoms with van der Waals surface area (Å²) in [4.78, 5) is 12.4. The van der Waals surface area contributed by atoms with Crippen LogP contribution in [0.3, 0.4) is 0 Å². The van der Waals surface area contributed by atoms with E-state index >= 15 is 0 Å². The molecule has 18 heavy (non-hydrogen) atoms. The van der Waals surface area contributed by atoms with E-state index in [-0.39, 0.29) is 11.5 Å². The molecule has 0 aromatic carbocycles. The van der Waals surface area contributed by atoms with E-state index in [4.69, 9.17) is 0 Å². The molecule has 3 heteroatoms. The first-order valence-electron chi connectivity index (χ1n) is 7.55. The Morgan fingerprint density at radius 1 is 1.11 bits per heavy atom. The van der Waals surface area contributed by atoms with Crippen molar-refractivity contribution in [2.75, 3.05) is 5.33 Å². The first-order valence-corrected chi connectivity index (χ1v) is 8.67. The van der Waals surface area contributed by atoms with Gasteiger partial charge in [-0.1, -0.05) is 61.9 Å². The third kappa shape index (κ3) is 4.56. The van der Waals surface area contributed by atoms with E-state index in [1.54, 1.807) is 0 Å². The molecule has 0 aromatic rings. The minimum Gasteiger partial charge on any atom is -0.350 e. The fourth-order valence-corrected chi connectivity index (χ4v) is 3.66. The zero-order valence-corrected chi connectivity index (χ0v) is 13.5. The van der Waals surface area contributed by atoms with E-state index in [9.17, 15) is 4.79 Å². The predicted octanol–water partition coefficient (Wildman–Crippen LogP) is 4.42. The Labute approximate surface area is 120 Å². The Bertz CT molecular complexity index is 235. The van der Waals surface area contributed by atoms with Crippen LogP contribution in [0.15, 0.2) is 0 Å². The summed E-state index contributed by atoms with van der Waals surface area (Å²) >= 11 is 3.56. The highest BCUT2D eigenvalue weighted by Crippen LogP contribution is 2.25. The van der Waals surface area contributed by atoms with Gasteiger partial charge in [-0.05, 0) is 25.7 Å². The van der Waals surface area contributed by atoms with Gasteiger partial charge in [0.25, 0.3) is 0 Å². The minimum atomic E-state index is -0.0422. The van der Waals surface area contributed by atoms with Gasteiger partial charge in [0.05, 0.1) is 0 Å². The fraction of sp³-hybridized carbons (Fsp3) is 0.933.